The first-order chi connectivity index (χ1) is 6.04. The predicted molar refractivity (Wildman–Crippen MR) is 68.0 cm³/mol. The second-order valence-corrected chi connectivity index (χ2v) is 5.87. The molecule has 0 aromatic carbocycles. The fraction of sp³-hybridized carbons (Fsp3) is 0.600. The Morgan fingerprint density at radius 1 is 1.38 bits per heavy atom. The van der Waals surface area contributed by atoms with Crippen molar-refractivity contribution in [2.75, 3.05) is 0 Å². The maximum absolute atomic E-state index is 6.19. The summed E-state index contributed by atoms with van der Waals surface area (Å²) in [6, 6.07) is 2.33. The molecule has 0 spiro atoms. The molecule has 0 aliphatic rings. The lowest BCUT2D eigenvalue weighted by Gasteiger charge is -2.22. The average Bonchev–Trinajstić information content (AvgIpc) is 2.48. The molecule has 1 heterocycles. The summed E-state index contributed by atoms with van der Waals surface area (Å²) in [5.41, 5.74) is 6.19. The van der Waals surface area contributed by atoms with E-state index >= 15 is 0 Å². The molecule has 1 aromatic heterocycles. The van der Waals surface area contributed by atoms with Crippen molar-refractivity contribution in [1.29, 1.82) is 0 Å². The van der Waals surface area contributed by atoms with Gasteiger partial charge in [0, 0.05) is 14.5 Å². The van der Waals surface area contributed by atoms with E-state index in [-0.39, 0.29) is 6.04 Å². The molecule has 2 unspecified atom stereocenters. The fourth-order valence-electron chi connectivity index (χ4n) is 1.20. The Kier molecular flexibility index (Phi) is 4.19. The number of nitrogens with two attached hydrogens (primary N) is 1. The molecule has 0 aliphatic heterocycles. The molecular weight excluding hydrogens is 293 g/mol. The predicted octanol–water partition coefficient (Wildman–Crippen LogP) is 3.64. The normalized spacial score (nSPS) is 16.2. The van der Waals surface area contributed by atoms with Gasteiger partial charge in [0.05, 0.1) is 0 Å². The Hall–Kier alpha value is 0.390. The Balaban J connectivity index is 2.79. The topological polar surface area (TPSA) is 26.0 Å². The third kappa shape index (κ3) is 2.67. The van der Waals surface area contributed by atoms with E-state index in [1.807, 2.05) is 0 Å². The lowest BCUT2D eigenvalue weighted by atomic mass is 9.90. The van der Waals surface area contributed by atoms with Crippen molar-refractivity contribution in [3.63, 3.8) is 0 Å². The maximum Gasteiger partial charge on any atom is 0.0428 e. The zero-order valence-corrected chi connectivity index (χ0v) is 11.2. The molecule has 74 valence electrons. The smallest absolute Gasteiger partial charge is 0.0428 e. The van der Waals surface area contributed by atoms with Gasteiger partial charge < -0.3 is 5.73 Å². The summed E-state index contributed by atoms with van der Waals surface area (Å²) < 4.78 is 1.31. The average molecular weight is 309 g/mol. The van der Waals surface area contributed by atoms with Gasteiger partial charge in [-0.15, -0.1) is 11.3 Å². The fourth-order valence-corrected chi connectivity index (χ4v) is 3.26. The molecule has 0 amide bonds. The highest BCUT2D eigenvalue weighted by Gasteiger charge is 2.20. The van der Waals surface area contributed by atoms with Crippen LogP contribution in [-0.4, -0.2) is 0 Å². The van der Waals surface area contributed by atoms with Crippen LogP contribution in [0.15, 0.2) is 11.4 Å². The number of hydrogen-bond acceptors (Lipinski definition) is 2. The number of rotatable bonds is 3. The minimum atomic E-state index is 0.201. The summed E-state index contributed by atoms with van der Waals surface area (Å²) in [5.74, 6) is 1.19. The highest BCUT2D eigenvalue weighted by Crippen LogP contribution is 2.32. The molecule has 0 saturated heterocycles. The Morgan fingerprint density at radius 3 is 2.38 bits per heavy atom. The van der Waals surface area contributed by atoms with Gasteiger partial charge in [-0.2, -0.15) is 0 Å². The summed E-state index contributed by atoms with van der Waals surface area (Å²) in [7, 11) is 0. The summed E-state index contributed by atoms with van der Waals surface area (Å²) in [6.07, 6.45) is 0. The van der Waals surface area contributed by atoms with Gasteiger partial charge in [-0.1, -0.05) is 20.8 Å². The standard InChI is InChI=1S/C10H16INS/c1-6(2)7(3)9(12)10-8(11)4-5-13-10/h4-7,9H,12H2,1-3H3. The maximum atomic E-state index is 6.19. The van der Waals surface area contributed by atoms with Gasteiger partial charge in [0.15, 0.2) is 0 Å². The van der Waals surface area contributed by atoms with Crippen molar-refractivity contribution >= 4 is 33.9 Å². The molecule has 0 aliphatic carbocycles. The van der Waals surface area contributed by atoms with Crippen molar-refractivity contribution in [2.45, 2.75) is 26.8 Å². The van der Waals surface area contributed by atoms with Crippen LogP contribution in [0, 0.1) is 15.4 Å². The van der Waals surface area contributed by atoms with E-state index in [2.05, 4.69) is 54.8 Å². The third-order valence-corrected chi connectivity index (χ3v) is 4.89. The Labute approximate surface area is 97.9 Å². The molecule has 0 saturated carbocycles. The summed E-state index contributed by atoms with van der Waals surface area (Å²) in [6.45, 7) is 6.68. The summed E-state index contributed by atoms with van der Waals surface area (Å²) in [4.78, 5) is 1.34. The van der Waals surface area contributed by atoms with Crippen LogP contribution in [-0.2, 0) is 0 Å². The van der Waals surface area contributed by atoms with Gasteiger partial charge in [0.25, 0.3) is 0 Å². The highest BCUT2D eigenvalue weighted by molar-refractivity contribution is 14.1. The first-order valence-electron chi connectivity index (χ1n) is 4.52. The van der Waals surface area contributed by atoms with Crippen molar-refractivity contribution in [2.24, 2.45) is 17.6 Å². The van der Waals surface area contributed by atoms with E-state index in [1.165, 1.54) is 8.45 Å². The first-order valence-corrected chi connectivity index (χ1v) is 6.48. The molecule has 1 rings (SSSR count). The van der Waals surface area contributed by atoms with Gasteiger partial charge in [0.2, 0.25) is 0 Å². The molecule has 0 fully saturated rings. The van der Waals surface area contributed by atoms with Crippen LogP contribution in [0.25, 0.3) is 0 Å². The highest BCUT2D eigenvalue weighted by atomic mass is 127. The molecule has 0 bridgehead atoms. The monoisotopic (exact) mass is 309 g/mol. The van der Waals surface area contributed by atoms with E-state index in [4.69, 9.17) is 5.73 Å². The van der Waals surface area contributed by atoms with Gasteiger partial charge >= 0.3 is 0 Å². The summed E-state index contributed by atoms with van der Waals surface area (Å²) in [5, 5.41) is 2.12. The zero-order chi connectivity index (χ0) is 10.0. The van der Waals surface area contributed by atoms with Gasteiger partial charge in [-0.25, -0.2) is 0 Å². The van der Waals surface area contributed by atoms with Crippen molar-refractivity contribution in [3.8, 4) is 0 Å². The molecular formula is C10H16INS. The van der Waals surface area contributed by atoms with Crippen LogP contribution in [0.4, 0.5) is 0 Å². The second kappa shape index (κ2) is 4.75. The lowest BCUT2D eigenvalue weighted by molar-refractivity contribution is 0.355. The van der Waals surface area contributed by atoms with E-state index < -0.39 is 0 Å². The molecule has 0 radical (unpaired) electrons. The molecule has 2 N–H and O–H groups in total. The second-order valence-electron chi connectivity index (χ2n) is 3.76. The van der Waals surface area contributed by atoms with Crippen LogP contribution in [0.5, 0.6) is 0 Å². The molecule has 1 aromatic rings. The van der Waals surface area contributed by atoms with E-state index in [9.17, 15) is 0 Å². The molecule has 13 heavy (non-hydrogen) atoms. The molecule has 3 heteroatoms. The van der Waals surface area contributed by atoms with Gasteiger partial charge in [0.1, 0.15) is 0 Å². The van der Waals surface area contributed by atoms with E-state index in [0.717, 1.165) is 0 Å². The third-order valence-electron chi connectivity index (χ3n) is 2.57. The lowest BCUT2D eigenvalue weighted by Crippen LogP contribution is -2.22. The van der Waals surface area contributed by atoms with Crippen molar-refractivity contribution < 1.29 is 0 Å². The zero-order valence-electron chi connectivity index (χ0n) is 8.25. The minimum Gasteiger partial charge on any atom is -0.323 e. The van der Waals surface area contributed by atoms with E-state index in [0.29, 0.717) is 11.8 Å². The van der Waals surface area contributed by atoms with Crippen LogP contribution >= 0.6 is 33.9 Å². The first kappa shape index (κ1) is 11.5. The summed E-state index contributed by atoms with van der Waals surface area (Å²) >= 11 is 4.13. The van der Waals surface area contributed by atoms with Crippen LogP contribution < -0.4 is 5.73 Å². The largest absolute Gasteiger partial charge is 0.323 e. The van der Waals surface area contributed by atoms with Gasteiger partial charge in [-0.05, 0) is 45.9 Å². The van der Waals surface area contributed by atoms with Crippen molar-refractivity contribution in [3.05, 3.63) is 19.9 Å². The number of halogens is 1. The number of thiophene rings is 1. The molecule has 2 atom stereocenters. The Bertz CT molecular complexity index is 270. The van der Waals surface area contributed by atoms with Crippen LogP contribution in [0.2, 0.25) is 0 Å². The van der Waals surface area contributed by atoms with Crippen molar-refractivity contribution in [1.82, 2.24) is 0 Å². The van der Waals surface area contributed by atoms with Crippen LogP contribution in [0.1, 0.15) is 31.7 Å². The molecule has 1 nitrogen and oxygen atoms in total. The van der Waals surface area contributed by atoms with Gasteiger partial charge in [-0.3, -0.25) is 0 Å². The quantitative estimate of drug-likeness (QED) is 0.848. The number of hydrogen-bond donors (Lipinski definition) is 1. The minimum absolute atomic E-state index is 0.201. The SMILES string of the molecule is CC(C)C(C)C(N)c1sccc1I. The Morgan fingerprint density at radius 2 is 2.00 bits per heavy atom. The van der Waals surface area contributed by atoms with E-state index in [1.54, 1.807) is 11.3 Å². The van der Waals surface area contributed by atoms with Crippen LogP contribution in [0.3, 0.4) is 0 Å².